The lowest BCUT2D eigenvalue weighted by molar-refractivity contribution is -0.118. The highest BCUT2D eigenvalue weighted by molar-refractivity contribution is 8.01. The van der Waals surface area contributed by atoms with Crippen LogP contribution in [-0.2, 0) is 4.79 Å². The molecule has 0 aliphatic heterocycles. The first-order valence-corrected chi connectivity index (χ1v) is 11.3. The lowest BCUT2D eigenvalue weighted by atomic mass is 10.1. The fraction of sp³-hybridized carbons (Fsp3) is 0.150. The van der Waals surface area contributed by atoms with E-state index in [1.54, 1.807) is 12.1 Å². The van der Waals surface area contributed by atoms with Crippen molar-refractivity contribution in [3.8, 4) is 11.3 Å². The van der Waals surface area contributed by atoms with Gasteiger partial charge >= 0.3 is 0 Å². The molecule has 0 saturated carbocycles. The molecule has 0 unspecified atom stereocenters. The molecule has 3 rings (SSSR count). The highest BCUT2D eigenvalue weighted by Crippen LogP contribution is 2.38. The summed E-state index contributed by atoms with van der Waals surface area (Å²) in [5.41, 5.74) is 1.78. The van der Waals surface area contributed by atoms with Gasteiger partial charge in [0.2, 0.25) is 5.91 Å². The van der Waals surface area contributed by atoms with E-state index in [9.17, 15) is 9.59 Å². The van der Waals surface area contributed by atoms with Gasteiger partial charge in [-0.15, -0.1) is 0 Å². The van der Waals surface area contributed by atoms with Crippen LogP contribution < -0.4 is 10.6 Å². The van der Waals surface area contributed by atoms with Crippen LogP contribution in [0.5, 0.6) is 0 Å². The van der Waals surface area contributed by atoms with Crippen molar-refractivity contribution in [1.29, 1.82) is 0 Å². The van der Waals surface area contributed by atoms with Gasteiger partial charge in [-0.3, -0.25) is 9.59 Å². The number of rotatable bonds is 7. The first-order valence-electron chi connectivity index (χ1n) is 8.70. The van der Waals surface area contributed by atoms with E-state index >= 15 is 0 Å². The van der Waals surface area contributed by atoms with Crippen molar-refractivity contribution in [3.63, 3.8) is 0 Å². The second-order valence-corrected chi connectivity index (χ2v) is 8.91. The van der Waals surface area contributed by atoms with Gasteiger partial charge in [0, 0.05) is 17.1 Å². The number of hydrogen-bond acceptors (Lipinski definition) is 5. The quantitative estimate of drug-likeness (QED) is 0.445. The summed E-state index contributed by atoms with van der Waals surface area (Å²) >= 11 is 14.8. The minimum absolute atomic E-state index is 0.0646. The number of thioether (sulfide) groups is 1. The van der Waals surface area contributed by atoms with E-state index in [4.69, 9.17) is 23.2 Å². The van der Waals surface area contributed by atoms with Crippen LogP contribution in [0.2, 0.25) is 10.0 Å². The maximum atomic E-state index is 12.8. The van der Waals surface area contributed by atoms with Crippen LogP contribution in [0.4, 0.5) is 5.00 Å². The first kappa shape index (κ1) is 21.6. The summed E-state index contributed by atoms with van der Waals surface area (Å²) in [4.78, 5) is 29.2. The molecule has 0 saturated heterocycles. The summed E-state index contributed by atoms with van der Waals surface area (Å²) in [6, 6.07) is 14.3. The van der Waals surface area contributed by atoms with E-state index in [2.05, 4.69) is 15.6 Å². The third-order valence-corrected chi connectivity index (χ3v) is 6.43. The Kier molecular flexibility index (Phi) is 7.55. The second kappa shape index (κ2) is 10.1. The van der Waals surface area contributed by atoms with Gasteiger partial charge in [-0.25, -0.2) is 4.98 Å². The highest BCUT2D eigenvalue weighted by atomic mass is 35.5. The molecule has 0 bridgehead atoms. The Morgan fingerprint density at radius 2 is 1.90 bits per heavy atom. The van der Waals surface area contributed by atoms with Gasteiger partial charge in [0.15, 0.2) is 4.34 Å². The van der Waals surface area contributed by atoms with E-state index in [0.29, 0.717) is 31.6 Å². The lowest BCUT2D eigenvalue weighted by Gasteiger charge is -2.07. The molecule has 0 atom stereocenters. The van der Waals surface area contributed by atoms with Crippen molar-refractivity contribution in [2.24, 2.45) is 0 Å². The second-order valence-electron chi connectivity index (χ2n) is 5.84. The van der Waals surface area contributed by atoms with Gasteiger partial charge in [-0.2, -0.15) is 0 Å². The molecule has 0 fully saturated rings. The Morgan fingerprint density at radius 3 is 2.62 bits per heavy atom. The summed E-state index contributed by atoms with van der Waals surface area (Å²) in [6.07, 6.45) is 0. The molecule has 9 heteroatoms. The maximum Gasteiger partial charge on any atom is 0.257 e. The highest BCUT2D eigenvalue weighted by Gasteiger charge is 2.19. The number of nitrogens with zero attached hydrogens (tertiary/aromatic N) is 1. The Hall–Kier alpha value is -2.06. The number of aromatic nitrogens is 1. The molecule has 1 aromatic heterocycles. The lowest BCUT2D eigenvalue weighted by Crippen LogP contribution is -2.24. The fourth-order valence-electron chi connectivity index (χ4n) is 2.46. The standard InChI is InChI=1S/C20H17Cl2N3O2S2/c1-2-23-16(26)11-28-20-24-17(12-6-4-3-5-7-12)19(29-20)25-18(27)14-10-13(21)8-9-15(14)22/h3-10H,2,11H2,1H3,(H,23,26)(H,25,27). The minimum Gasteiger partial charge on any atom is -0.356 e. The Morgan fingerprint density at radius 1 is 1.14 bits per heavy atom. The smallest absolute Gasteiger partial charge is 0.257 e. The Bertz CT molecular complexity index is 1030. The number of hydrogen-bond donors (Lipinski definition) is 2. The van der Waals surface area contributed by atoms with E-state index in [0.717, 1.165) is 5.56 Å². The zero-order valence-corrected chi connectivity index (χ0v) is 18.5. The number of carbonyl (C=O) groups is 2. The molecule has 0 aliphatic rings. The predicted octanol–water partition coefficient (Wildman–Crippen LogP) is 5.60. The van der Waals surface area contributed by atoms with Crippen molar-refractivity contribution in [2.75, 3.05) is 17.6 Å². The third-order valence-electron chi connectivity index (χ3n) is 3.76. The fourth-order valence-corrected chi connectivity index (χ4v) is 4.72. The molecule has 150 valence electrons. The van der Waals surface area contributed by atoms with Crippen LogP contribution in [0.3, 0.4) is 0 Å². The van der Waals surface area contributed by atoms with Crippen molar-refractivity contribution in [3.05, 3.63) is 64.1 Å². The number of amides is 2. The van der Waals surface area contributed by atoms with Gasteiger partial charge in [0.25, 0.3) is 5.91 Å². The number of carbonyl (C=O) groups excluding carboxylic acids is 2. The number of benzene rings is 2. The molecule has 1 heterocycles. The monoisotopic (exact) mass is 465 g/mol. The van der Waals surface area contributed by atoms with Crippen LogP contribution in [-0.4, -0.2) is 29.1 Å². The molecule has 2 N–H and O–H groups in total. The van der Waals surface area contributed by atoms with E-state index < -0.39 is 0 Å². The molecular formula is C20H17Cl2N3O2S2. The SMILES string of the molecule is CCNC(=O)CSc1nc(-c2ccccc2)c(NC(=O)c2cc(Cl)ccc2Cl)s1. The molecule has 29 heavy (non-hydrogen) atoms. The van der Waals surface area contributed by atoms with Gasteiger partial charge < -0.3 is 10.6 Å². The summed E-state index contributed by atoms with van der Waals surface area (Å²) < 4.78 is 0.683. The summed E-state index contributed by atoms with van der Waals surface area (Å²) in [5.74, 6) is -0.188. The summed E-state index contributed by atoms with van der Waals surface area (Å²) in [5, 5.41) is 6.95. The van der Waals surface area contributed by atoms with Gasteiger partial charge in [-0.1, -0.05) is 76.6 Å². The van der Waals surface area contributed by atoms with Gasteiger partial charge in [0.05, 0.1) is 16.3 Å². The first-order chi connectivity index (χ1) is 14.0. The van der Waals surface area contributed by atoms with Crippen LogP contribution in [0.25, 0.3) is 11.3 Å². The molecule has 5 nitrogen and oxygen atoms in total. The summed E-state index contributed by atoms with van der Waals surface area (Å²) in [7, 11) is 0. The normalized spacial score (nSPS) is 10.6. The van der Waals surface area contributed by atoms with Crippen LogP contribution in [0.15, 0.2) is 52.9 Å². The maximum absolute atomic E-state index is 12.8. The number of thiazole rings is 1. The average Bonchev–Trinajstić information content (AvgIpc) is 3.11. The molecule has 0 spiro atoms. The largest absolute Gasteiger partial charge is 0.356 e. The molecule has 3 aromatic rings. The van der Waals surface area contributed by atoms with E-state index in [1.165, 1.54) is 29.2 Å². The van der Waals surface area contributed by atoms with Crippen LogP contribution in [0, 0.1) is 0 Å². The minimum atomic E-state index is -0.376. The van der Waals surface area contributed by atoms with Gasteiger partial charge in [0.1, 0.15) is 10.7 Å². The van der Waals surface area contributed by atoms with Crippen LogP contribution in [0.1, 0.15) is 17.3 Å². The zero-order chi connectivity index (χ0) is 20.8. The molecule has 2 aromatic carbocycles. The van der Waals surface area contributed by atoms with E-state index in [-0.39, 0.29) is 23.1 Å². The van der Waals surface area contributed by atoms with Gasteiger partial charge in [-0.05, 0) is 25.1 Å². The van der Waals surface area contributed by atoms with Crippen molar-refractivity contribution >= 4 is 63.1 Å². The third kappa shape index (κ3) is 5.73. The average molecular weight is 466 g/mol. The van der Waals surface area contributed by atoms with Crippen molar-refractivity contribution < 1.29 is 9.59 Å². The molecule has 2 amide bonds. The Labute approximate surface area is 186 Å². The summed E-state index contributed by atoms with van der Waals surface area (Å²) in [6.45, 7) is 2.45. The number of nitrogens with one attached hydrogen (secondary N) is 2. The van der Waals surface area contributed by atoms with Crippen LogP contribution >= 0.6 is 46.3 Å². The van der Waals surface area contributed by atoms with E-state index in [1.807, 2.05) is 37.3 Å². The topological polar surface area (TPSA) is 71.1 Å². The molecule has 0 aliphatic carbocycles. The molecule has 0 radical (unpaired) electrons. The Balaban J connectivity index is 1.88. The number of anilines is 1. The number of halogens is 2. The van der Waals surface area contributed by atoms with Crippen molar-refractivity contribution in [2.45, 2.75) is 11.3 Å². The van der Waals surface area contributed by atoms with Crippen molar-refractivity contribution in [1.82, 2.24) is 10.3 Å². The zero-order valence-electron chi connectivity index (χ0n) is 15.4. The predicted molar refractivity (Wildman–Crippen MR) is 121 cm³/mol. The molecular weight excluding hydrogens is 449 g/mol.